The van der Waals surface area contributed by atoms with E-state index in [1.165, 1.54) is 6.92 Å². The van der Waals surface area contributed by atoms with Crippen LogP contribution in [0.5, 0.6) is 0 Å². The number of H-pyrrole nitrogens is 1. The molecule has 0 bridgehead atoms. The normalized spacial score (nSPS) is 14.2. The molecule has 1 aromatic carbocycles. The van der Waals surface area contributed by atoms with Gasteiger partial charge in [-0.3, -0.25) is 9.59 Å². The SMILES string of the molecule is CCCc1c(C(=O)Nc2ccc(N3CCSCC3)c(Cl)c2)[nH]c(C)c1C(C)=O. The molecular weight excluding hydrogens is 394 g/mol. The number of nitrogens with zero attached hydrogens (tertiary/aromatic N) is 1. The van der Waals surface area contributed by atoms with Crippen molar-refractivity contribution < 1.29 is 9.59 Å². The highest BCUT2D eigenvalue weighted by Crippen LogP contribution is 2.31. The van der Waals surface area contributed by atoms with E-state index in [9.17, 15) is 9.59 Å². The molecule has 28 heavy (non-hydrogen) atoms. The molecule has 2 N–H and O–H groups in total. The minimum absolute atomic E-state index is 0.0247. The van der Waals surface area contributed by atoms with E-state index in [0.717, 1.165) is 48.0 Å². The van der Waals surface area contributed by atoms with Gasteiger partial charge in [-0.2, -0.15) is 11.8 Å². The molecule has 0 radical (unpaired) electrons. The Morgan fingerprint density at radius 3 is 2.61 bits per heavy atom. The van der Waals surface area contributed by atoms with Crippen LogP contribution in [0, 0.1) is 6.92 Å². The maximum Gasteiger partial charge on any atom is 0.272 e. The van der Waals surface area contributed by atoms with Crippen LogP contribution in [0.15, 0.2) is 18.2 Å². The van der Waals surface area contributed by atoms with Crippen molar-refractivity contribution in [1.29, 1.82) is 0 Å². The summed E-state index contributed by atoms with van der Waals surface area (Å²) in [5, 5.41) is 3.55. The van der Waals surface area contributed by atoms with Crippen molar-refractivity contribution in [2.24, 2.45) is 0 Å². The summed E-state index contributed by atoms with van der Waals surface area (Å²) in [7, 11) is 0. The number of carbonyl (C=O) groups is 2. The van der Waals surface area contributed by atoms with Crippen molar-refractivity contribution in [3.8, 4) is 0 Å². The van der Waals surface area contributed by atoms with Crippen LogP contribution in [0.3, 0.4) is 0 Å². The van der Waals surface area contributed by atoms with Gasteiger partial charge in [-0.15, -0.1) is 0 Å². The fourth-order valence-corrected chi connectivity index (χ4v) is 4.89. The van der Waals surface area contributed by atoms with Crippen LogP contribution in [-0.2, 0) is 6.42 Å². The van der Waals surface area contributed by atoms with Gasteiger partial charge >= 0.3 is 0 Å². The van der Waals surface area contributed by atoms with Crippen LogP contribution >= 0.6 is 23.4 Å². The molecule has 3 rings (SSSR count). The number of hydrogen-bond acceptors (Lipinski definition) is 4. The first-order valence-electron chi connectivity index (χ1n) is 9.58. The Bertz CT molecular complexity index is 888. The maximum absolute atomic E-state index is 12.9. The lowest BCUT2D eigenvalue weighted by Crippen LogP contribution is -2.32. The zero-order chi connectivity index (χ0) is 20.3. The van der Waals surface area contributed by atoms with Gasteiger partial charge in [0.05, 0.1) is 10.7 Å². The fraction of sp³-hybridized carbons (Fsp3) is 0.429. The zero-order valence-corrected chi connectivity index (χ0v) is 18.1. The second kappa shape index (κ2) is 9.05. The highest BCUT2D eigenvalue weighted by atomic mass is 35.5. The molecular formula is C21H26ClN3O2S. The first kappa shape index (κ1) is 20.8. The standard InChI is InChI=1S/C21H26ClN3O2S/c1-4-5-16-19(14(3)26)13(2)23-20(16)21(27)24-15-6-7-18(17(22)12-15)25-8-10-28-11-9-25/h6-7,12,23H,4-5,8-11H2,1-3H3,(H,24,27). The molecule has 1 aromatic heterocycles. The van der Waals surface area contributed by atoms with Gasteiger partial charge in [-0.25, -0.2) is 0 Å². The molecule has 2 aromatic rings. The molecule has 5 nitrogen and oxygen atoms in total. The number of halogens is 1. The number of thioether (sulfide) groups is 1. The minimum atomic E-state index is -0.253. The maximum atomic E-state index is 12.9. The summed E-state index contributed by atoms with van der Waals surface area (Å²) in [5.74, 6) is 1.92. The average molecular weight is 420 g/mol. The third-order valence-electron chi connectivity index (χ3n) is 4.93. The quantitative estimate of drug-likeness (QED) is 0.651. The van der Waals surface area contributed by atoms with E-state index >= 15 is 0 Å². The van der Waals surface area contributed by atoms with Gasteiger partial charge in [0.2, 0.25) is 0 Å². The smallest absolute Gasteiger partial charge is 0.272 e. The molecule has 0 spiro atoms. The van der Waals surface area contributed by atoms with Crippen LogP contribution < -0.4 is 10.2 Å². The van der Waals surface area contributed by atoms with Crippen molar-refractivity contribution in [1.82, 2.24) is 4.98 Å². The third-order valence-corrected chi connectivity index (χ3v) is 6.17. The lowest BCUT2D eigenvalue weighted by molar-refractivity contribution is 0.101. The van der Waals surface area contributed by atoms with Crippen molar-refractivity contribution in [2.45, 2.75) is 33.6 Å². The topological polar surface area (TPSA) is 65.2 Å². The summed E-state index contributed by atoms with van der Waals surface area (Å²) in [6.07, 6.45) is 1.53. The van der Waals surface area contributed by atoms with Crippen LogP contribution in [0.4, 0.5) is 11.4 Å². The van der Waals surface area contributed by atoms with Crippen molar-refractivity contribution in [2.75, 3.05) is 34.8 Å². The second-order valence-corrected chi connectivity index (χ2v) is 8.64. The Labute approximate surface area is 175 Å². The van der Waals surface area contributed by atoms with Crippen molar-refractivity contribution >= 4 is 46.4 Å². The van der Waals surface area contributed by atoms with E-state index in [0.29, 0.717) is 28.4 Å². The number of ketones is 1. The number of anilines is 2. The molecule has 1 amide bonds. The number of Topliss-reactive ketones (excluding diaryl/α,β-unsaturated/α-hetero) is 1. The summed E-state index contributed by atoms with van der Waals surface area (Å²) in [6, 6.07) is 5.63. The van der Waals surface area contributed by atoms with E-state index in [-0.39, 0.29) is 11.7 Å². The number of rotatable bonds is 6. The number of aromatic nitrogens is 1. The molecule has 1 aliphatic rings. The number of nitrogens with one attached hydrogen (secondary N) is 2. The van der Waals surface area contributed by atoms with Crippen LogP contribution in [0.2, 0.25) is 5.02 Å². The van der Waals surface area contributed by atoms with E-state index in [2.05, 4.69) is 15.2 Å². The van der Waals surface area contributed by atoms with Crippen molar-refractivity contribution in [3.63, 3.8) is 0 Å². The average Bonchev–Trinajstić information content (AvgIpc) is 2.99. The third kappa shape index (κ3) is 4.39. The van der Waals surface area contributed by atoms with Crippen molar-refractivity contribution in [3.05, 3.63) is 45.7 Å². The number of benzene rings is 1. The summed E-state index contributed by atoms with van der Waals surface area (Å²) < 4.78 is 0. The fourth-order valence-electron chi connectivity index (χ4n) is 3.69. The summed E-state index contributed by atoms with van der Waals surface area (Å²) >= 11 is 8.44. The number of aryl methyl sites for hydroxylation is 1. The molecule has 0 saturated carbocycles. The molecule has 1 fully saturated rings. The second-order valence-electron chi connectivity index (χ2n) is 7.00. The lowest BCUT2D eigenvalue weighted by atomic mass is 10.0. The minimum Gasteiger partial charge on any atom is -0.369 e. The lowest BCUT2D eigenvalue weighted by Gasteiger charge is -2.29. The van der Waals surface area contributed by atoms with Gasteiger partial charge in [0.25, 0.3) is 5.91 Å². The van der Waals surface area contributed by atoms with Crippen LogP contribution in [-0.4, -0.2) is 41.3 Å². The van der Waals surface area contributed by atoms with Gasteiger partial charge in [-0.05, 0) is 44.0 Å². The molecule has 0 aliphatic carbocycles. The first-order chi connectivity index (χ1) is 13.4. The highest BCUT2D eigenvalue weighted by molar-refractivity contribution is 7.99. The molecule has 0 atom stereocenters. The van der Waals surface area contributed by atoms with E-state index in [4.69, 9.17) is 11.6 Å². The largest absolute Gasteiger partial charge is 0.369 e. The first-order valence-corrected chi connectivity index (χ1v) is 11.1. The molecule has 7 heteroatoms. The number of hydrogen-bond donors (Lipinski definition) is 2. The Balaban J connectivity index is 1.82. The van der Waals surface area contributed by atoms with Gasteiger partial charge in [0, 0.05) is 41.5 Å². The number of carbonyl (C=O) groups excluding carboxylic acids is 2. The number of amides is 1. The van der Waals surface area contributed by atoms with E-state index in [1.807, 2.05) is 37.7 Å². The van der Waals surface area contributed by atoms with Gasteiger partial charge in [0.1, 0.15) is 5.69 Å². The van der Waals surface area contributed by atoms with E-state index in [1.54, 1.807) is 6.07 Å². The highest BCUT2D eigenvalue weighted by Gasteiger charge is 2.22. The zero-order valence-electron chi connectivity index (χ0n) is 16.5. The summed E-state index contributed by atoms with van der Waals surface area (Å²) in [4.78, 5) is 30.3. The molecule has 150 valence electrons. The molecule has 1 aliphatic heterocycles. The van der Waals surface area contributed by atoms with Crippen LogP contribution in [0.25, 0.3) is 0 Å². The molecule has 1 saturated heterocycles. The Kier molecular flexibility index (Phi) is 6.73. The predicted octanol–water partition coefficient (Wildman–Crippen LogP) is 4.94. The number of aromatic amines is 1. The summed E-state index contributed by atoms with van der Waals surface area (Å²) in [6.45, 7) is 7.35. The van der Waals surface area contributed by atoms with Crippen LogP contribution in [0.1, 0.15) is 52.4 Å². The predicted molar refractivity (Wildman–Crippen MR) is 118 cm³/mol. The van der Waals surface area contributed by atoms with Gasteiger partial charge in [0.15, 0.2) is 5.78 Å². The van der Waals surface area contributed by atoms with Gasteiger partial charge < -0.3 is 15.2 Å². The molecule has 2 heterocycles. The Morgan fingerprint density at radius 1 is 1.29 bits per heavy atom. The Hall–Kier alpha value is -1.92. The van der Waals surface area contributed by atoms with Gasteiger partial charge in [-0.1, -0.05) is 24.9 Å². The Morgan fingerprint density at radius 2 is 2.00 bits per heavy atom. The summed E-state index contributed by atoms with van der Waals surface area (Å²) in [5.41, 5.74) is 4.25. The van der Waals surface area contributed by atoms with E-state index < -0.39 is 0 Å². The molecule has 0 unspecified atom stereocenters. The monoisotopic (exact) mass is 419 g/mol.